The maximum absolute atomic E-state index is 10.8. The Balaban J connectivity index is 4.11. The molecule has 0 aliphatic rings. The van der Waals surface area contributed by atoms with Gasteiger partial charge in [0.25, 0.3) is 0 Å². The van der Waals surface area contributed by atoms with E-state index >= 15 is 0 Å². The van der Waals surface area contributed by atoms with Crippen LogP contribution in [-0.4, -0.2) is 43.5 Å². The van der Waals surface area contributed by atoms with Crippen LogP contribution in [0.3, 0.4) is 0 Å². The number of carbonyl (C=O) groups is 2. The van der Waals surface area contributed by atoms with E-state index in [1.807, 2.05) is 5.32 Å². The molecule has 0 spiro atoms. The predicted octanol–water partition coefficient (Wildman–Crippen LogP) is -1.38. The minimum absolute atomic E-state index is 0.690. The number of carboxylic acid groups (broad SMARTS) is 1. The number of carboxylic acids is 1. The molecule has 0 fully saturated rings. The summed E-state index contributed by atoms with van der Waals surface area (Å²) in [6.45, 7) is 1.25. The summed E-state index contributed by atoms with van der Waals surface area (Å²) in [6, 6.07) is -1.07. The molecule has 0 bridgehead atoms. The van der Waals surface area contributed by atoms with Crippen LogP contribution in [0.1, 0.15) is 6.92 Å². The topological polar surface area (TPSA) is 101 Å². The molecule has 0 aromatic carbocycles. The summed E-state index contributed by atoms with van der Waals surface area (Å²) in [5.74, 6) is -2.70. The van der Waals surface area contributed by atoms with Gasteiger partial charge in [-0.1, -0.05) is 0 Å². The van der Waals surface area contributed by atoms with Crippen molar-refractivity contribution in [1.82, 2.24) is 5.32 Å². The minimum atomic E-state index is -3.40. The van der Waals surface area contributed by atoms with E-state index in [0.29, 0.717) is 0 Å². The van der Waals surface area contributed by atoms with Crippen LogP contribution in [0.4, 0.5) is 0 Å². The van der Waals surface area contributed by atoms with E-state index in [-0.39, 0.29) is 0 Å². The maximum Gasteiger partial charge on any atom is 0.325 e. The number of hydrogen-bond acceptors (Lipinski definition) is 4. The fourth-order valence-electron chi connectivity index (χ4n) is 0.583. The van der Waals surface area contributed by atoms with Crippen LogP contribution in [0.25, 0.3) is 0 Å². The van der Waals surface area contributed by atoms with Crippen molar-refractivity contribution in [3.8, 4) is 0 Å². The fraction of sp³-hybridized carbons (Fsp3) is 0.667. The molecule has 2 N–H and O–H groups in total. The number of aliphatic carboxylic acids is 1. The highest BCUT2D eigenvalue weighted by Gasteiger charge is 2.16. The van der Waals surface area contributed by atoms with Gasteiger partial charge in [0.2, 0.25) is 5.91 Å². The van der Waals surface area contributed by atoms with Crippen LogP contribution in [0, 0.1) is 0 Å². The molecule has 0 saturated heterocycles. The first-order valence-corrected chi connectivity index (χ1v) is 5.48. The van der Waals surface area contributed by atoms with E-state index in [2.05, 4.69) is 0 Å². The second kappa shape index (κ2) is 4.22. The third-order valence-corrected chi connectivity index (χ3v) is 1.93. The second-order valence-electron chi connectivity index (χ2n) is 2.70. The normalized spacial score (nSPS) is 13.4. The molecule has 0 aliphatic heterocycles. The van der Waals surface area contributed by atoms with Crippen molar-refractivity contribution in [2.75, 3.05) is 12.0 Å². The Bertz CT molecular complexity index is 307. The lowest BCUT2D eigenvalue weighted by molar-refractivity contribution is -0.140. The lowest BCUT2D eigenvalue weighted by Gasteiger charge is -2.07. The number of hydrogen-bond donors (Lipinski definition) is 2. The average molecular weight is 209 g/mol. The molecule has 1 amide bonds. The lowest BCUT2D eigenvalue weighted by Crippen LogP contribution is -2.41. The van der Waals surface area contributed by atoms with Crippen LogP contribution in [0.5, 0.6) is 0 Å². The van der Waals surface area contributed by atoms with E-state index < -0.39 is 33.5 Å². The zero-order valence-corrected chi connectivity index (χ0v) is 8.09. The largest absolute Gasteiger partial charge is 0.480 e. The van der Waals surface area contributed by atoms with Gasteiger partial charge in [-0.05, 0) is 6.92 Å². The molecule has 0 radical (unpaired) electrons. The first kappa shape index (κ1) is 11.9. The molecule has 0 saturated carbocycles. The highest BCUT2D eigenvalue weighted by atomic mass is 32.2. The molecular formula is C6H11NO5S. The number of amides is 1. The quantitative estimate of drug-likeness (QED) is 0.594. The number of nitrogens with one attached hydrogen (secondary N) is 1. The summed E-state index contributed by atoms with van der Waals surface area (Å²) < 4.78 is 21.2. The molecule has 1 atom stereocenters. The van der Waals surface area contributed by atoms with Gasteiger partial charge < -0.3 is 10.4 Å². The van der Waals surface area contributed by atoms with Crippen LogP contribution < -0.4 is 5.32 Å². The standard InChI is InChI=1S/C6H11NO5S/c1-4(6(9)10)7-5(8)3-13(2,11)12/h4H,3H2,1-2H3,(H,7,8)(H,9,10). The van der Waals surface area contributed by atoms with Gasteiger partial charge in [-0.15, -0.1) is 0 Å². The summed E-state index contributed by atoms with van der Waals surface area (Å²) in [5, 5.41) is 10.4. The zero-order chi connectivity index (χ0) is 10.6. The van der Waals surface area contributed by atoms with Crippen molar-refractivity contribution >= 4 is 21.7 Å². The molecule has 13 heavy (non-hydrogen) atoms. The molecule has 0 heterocycles. The monoisotopic (exact) mass is 209 g/mol. The van der Waals surface area contributed by atoms with Crippen LogP contribution in [0.2, 0.25) is 0 Å². The van der Waals surface area contributed by atoms with Crippen LogP contribution >= 0.6 is 0 Å². The SMILES string of the molecule is CC(NC(=O)CS(C)(=O)=O)C(=O)O. The van der Waals surface area contributed by atoms with Gasteiger partial charge in [-0.2, -0.15) is 0 Å². The van der Waals surface area contributed by atoms with Crippen molar-refractivity contribution in [2.45, 2.75) is 13.0 Å². The molecule has 76 valence electrons. The summed E-state index contributed by atoms with van der Waals surface area (Å²) in [5.41, 5.74) is 0. The van der Waals surface area contributed by atoms with Gasteiger partial charge in [0.15, 0.2) is 9.84 Å². The Labute approximate surface area is 75.9 Å². The van der Waals surface area contributed by atoms with Crippen LogP contribution in [-0.2, 0) is 19.4 Å². The van der Waals surface area contributed by atoms with Gasteiger partial charge in [0, 0.05) is 6.26 Å². The Morgan fingerprint density at radius 2 is 1.92 bits per heavy atom. The number of rotatable bonds is 4. The molecule has 6 nitrogen and oxygen atoms in total. The number of carbonyl (C=O) groups excluding carboxylic acids is 1. The molecule has 0 aromatic heterocycles. The van der Waals surface area contributed by atoms with Gasteiger partial charge in [0.1, 0.15) is 11.8 Å². The number of sulfone groups is 1. The predicted molar refractivity (Wildman–Crippen MR) is 45.0 cm³/mol. The van der Waals surface area contributed by atoms with Crippen molar-refractivity contribution in [3.63, 3.8) is 0 Å². The van der Waals surface area contributed by atoms with E-state index in [9.17, 15) is 18.0 Å². The Hall–Kier alpha value is -1.11. The third kappa shape index (κ3) is 6.09. The van der Waals surface area contributed by atoms with Crippen LogP contribution in [0.15, 0.2) is 0 Å². The smallest absolute Gasteiger partial charge is 0.325 e. The van der Waals surface area contributed by atoms with E-state index in [4.69, 9.17) is 5.11 Å². The minimum Gasteiger partial charge on any atom is -0.480 e. The molecular weight excluding hydrogens is 198 g/mol. The molecule has 0 aliphatic carbocycles. The van der Waals surface area contributed by atoms with Gasteiger partial charge in [-0.25, -0.2) is 8.42 Å². The molecule has 1 unspecified atom stereocenters. The van der Waals surface area contributed by atoms with Gasteiger partial charge >= 0.3 is 5.97 Å². The summed E-state index contributed by atoms with van der Waals surface area (Å²) in [7, 11) is -3.40. The van der Waals surface area contributed by atoms with E-state index in [0.717, 1.165) is 6.26 Å². The highest BCUT2D eigenvalue weighted by Crippen LogP contribution is 1.85. The van der Waals surface area contributed by atoms with Crippen molar-refractivity contribution in [1.29, 1.82) is 0 Å². The Kier molecular flexibility index (Phi) is 3.86. The fourth-order valence-corrected chi connectivity index (χ4v) is 1.14. The summed E-state index contributed by atoms with van der Waals surface area (Å²) in [4.78, 5) is 21.1. The first-order chi connectivity index (χ1) is 5.72. The lowest BCUT2D eigenvalue weighted by atomic mass is 10.3. The second-order valence-corrected chi connectivity index (χ2v) is 4.84. The Morgan fingerprint density at radius 3 is 2.23 bits per heavy atom. The summed E-state index contributed by atoms with van der Waals surface area (Å²) in [6.07, 6.45) is 0.901. The van der Waals surface area contributed by atoms with Crippen molar-refractivity contribution in [3.05, 3.63) is 0 Å². The molecule has 0 rings (SSSR count). The van der Waals surface area contributed by atoms with Crippen molar-refractivity contribution in [2.24, 2.45) is 0 Å². The van der Waals surface area contributed by atoms with Gasteiger partial charge in [-0.3, -0.25) is 9.59 Å². The van der Waals surface area contributed by atoms with Gasteiger partial charge in [0.05, 0.1) is 0 Å². The summed E-state index contributed by atoms with van der Waals surface area (Å²) >= 11 is 0. The third-order valence-electron chi connectivity index (χ3n) is 1.14. The Morgan fingerprint density at radius 1 is 1.46 bits per heavy atom. The first-order valence-electron chi connectivity index (χ1n) is 3.42. The van der Waals surface area contributed by atoms with E-state index in [1.165, 1.54) is 6.92 Å². The molecule has 7 heteroatoms. The highest BCUT2D eigenvalue weighted by molar-refractivity contribution is 7.91. The maximum atomic E-state index is 10.8. The van der Waals surface area contributed by atoms with Crippen molar-refractivity contribution < 1.29 is 23.1 Å². The molecule has 0 aromatic rings. The zero-order valence-electron chi connectivity index (χ0n) is 7.27. The average Bonchev–Trinajstić information content (AvgIpc) is 1.81. The van der Waals surface area contributed by atoms with E-state index in [1.54, 1.807) is 0 Å².